The zero-order valence-electron chi connectivity index (χ0n) is 11.4. The first-order valence-corrected chi connectivity index (χ1v) is 11.0. The Kier molecular flexibility index (Phi) is 4.36. The highest BCUT2D eigenvalue weighted by Crippen LogP contribution is 2.29. The van der Waals surface area contributed by atoms with Crippen LogP contribution in [0.4, 0.5) is 5.69 Å². The molecule has 0 atom stereocenters. The fourth-order valence-electron chi connectivity index (χ4n) is 2.09. The Labute approximate surface area is 124 Å². The van der Waals surface area contributed by atoms with Crippen molar-refractivity contribution in [3.63, 3.8) is 0 Å². The number of hydrogen-bond acceptors (Lipinski definition) is 6. The van der Waals surface area contributed by atoms with Crippen LogP contribution in [0.1, 0.15) is 0 Å². The molecule has 1 aromatic carbocycles. The first-order chi connectivity index (χ1) is 9.19. The van der Waals surface area contributed by atoms with E-state index in [4.69, 9.17) is 0 Å². The lowest BCUT2D eigenvalue weighted by Crippen LogP contribution is -2.33. The van der Waals surface area contributed by atoms with Crippen molar-refractivity contribution in [2.45, 2.75) is 9.79 Å². The van der Waals surface area contributed by atoms with Gasteiger partial charge in [0.15, 0.2) is 19.7 Å². The van der Waals surface area contributed by atoms with Gasteiger partial charge in [-0.15, -0.1) is 0 Å². The molecule has 8 heteroatoms. The van der Waals surface area contributed by atoms with E-state index in [1.807, 2.05) is 16.7 Å². The Hall–Kier alpha value is -0.730. The van der Waals surface area contributed by atoms with Crippen molar-refractivity contribution in [2.24, 2.45) is 0 Å². The van der Waals surface area contributed by atoms with Crippen LogP contribution in [-0.2, 0) is 19.7 Å². The Morgan fingerprint density at radius 1 is 1.00 bits per heavy atom. The predicted octanol–water partition coefficient (Wildman–Crippen LogP) is 1.05. The van der Waals surface area contributed by atoms with Gasteiger partial charge in [0, 0.05) is 37.1 Å². The molecule has 0 N–H and O–H groups in total. The molecule has 20 heavy (non-hydrogen) atoms. The van der Waals surface area contributed by atoms with Gasteiger partial charge in [-0.2, -0.15) is 11.8 Å². The zero-order chi connectivity index (χ0) is 15.0. The maximum absolute atomic E-state index is 11.9. The summed E-state index contributed by atoms with van der Waals surface area (Å²) in [6.07, 6.45) is 2.18. The number of sulfone groups is 2. The number of rotatable bonds is 3. The van der Waals surface area contributed by atoms with Gasteiger partial charge in [0.1, 0.15) is 0 Å². The average Bonchev–Trinajstić information content (AvgIpc) is 2.37. The Morgan fingerprint density at radius 2 is 1.60 bits per heavy atom. The van der Waals surface area contributed by atoms with E-state index in [1.54, 1.807) is 6.07 Å². The van der Waals surface area contributed by atoms with E-state index in [1.165, 1.54) is 12.1 Å². The SMILES string of the molecule is CS(=O)(=O)c1ccc(N2CCSCC2)c(S(C)(=O)=O)c1. The van der Waals surface area contributed by atoms with Crippen LogP contribution in [0.5, 0.6) is 0 Å². The van der Waals surface area contributed by atoms with Gasteiger partial charge >= 0.3 is 0 Å². The maximum Gasteiger partial charge on any atom is 0.177 e. The summed E-state index contributed by atoms with van der Waals surface area (Å²) < 4.78 is 47.1. The standard InChI is InChI=1S/C12H17NO4S3/c1-19(14,15)10-3-4-11(12(9-10)20(2,16)17)13-5-7-18-8-6-13/h3-4,9H,5-8H2,1-2H3. The normalized spacial score (nSPS) is 17.2. The van der Waals surface area contributed by atoms with E-state index in [9.17, 15) is 16.8 Å². The van der Waals surface area contributed by atoms with Crippen molar-refractivity contribution in [2.75, 3.05) is 42.0 Å². The molecule has 0 saturated carbocycles. The Balaban J connectivity index is 2.57. The van der Waals surface area contributed by atoms with Crippen LogP contribution in [0.3, 0.4) is 0 Å². The fraction of sp³-hybridized carbons (Fsp3) is 0.500. The lowest BCUT2D eigenvalue weighted by molar-refractivity contribution is 0.599. The summed E-state index contributed by atoms with van der Waals surface area (Å²) in [5.74, 6) is 1.88. The molecule has 112 valence electrons. The third kappa shape index (κ3) is 3.48. The minimum atomic E-state index is -3.48. The molecule has 1 aromatic rings. The number of nitrogens with zero attached hydrogens (tertiary/aromatic N) is 1. The van der Waals surface area contributed by atoms with Gasteiger partial charge < -0.3 is 4.90 Å². The number of benzene rings is 1. The molecule has 0 bridgehead atoms. The molecule has 1 fully saturated rings. The van der Waals surface area contributed by atoms with Gasteiger partial charge in [-0.3, -0.25) is 0 Å². The molecular formula is C12H17NO4S3. The quantitative estimate of drug-likeness (QED) is 0.822. The van der Waals surface area contributed by atoms with Crippen LogP contribution in [0.2, 0.25) is 0 Å². The number of anilines is 1. The Bertz CT molecular complexity index is 704. The largest absolute Gasteiger partial charge is 0.369 e. The highest BCUT2D eigenvalue weighted by atomic mass is 32.2. The number of hydrogen-bond donors (Lipinski definition) is 0. The fourth-order valence-corrected chi connectivity index (χ4v) is 4.63. The summed E-state index contributed by atoms with van der Waals surface area (Å²) >= 11 is 1.83. The second kappa shape index (κ2) is 5.57. The second-order valence-electron chi connectivity index (χ2n) is 4.77. The molecule has 0 spiro atoms. The molecule has 2 rings (SSSR count). The van der Waals surface area contributed by atoms with E-state index in [-0.39, 0.29) is 9.79 Å². The minimum absolute atomic E-state index is 0.0352. The molecule has 0 aliphatic carbocycles. The van der Waals surface area contributed by atoms with Crippen LogP contribution in [0, 0.1) is 0 Å². The van der Waals surface area contributed by atoms with Gasteiger partial charge in [0.05, 0.1) is 15.5 Å². The van der Waals surface area contributed by atoms with Crippen molar-refractivity contribution in [1.29, 1.82) is 0 Å². The molecular weight excluding hydrogens is 318 g/mol. The predicted molar refractivity (Wildman–Crippen MR) is 82.2 cm³/mol. The average molecular weight is 335 g/mol. The van der Waals surface area contributed by atoms with Crippen LogP contribution < -0.4 is 4.90 Å². The lowest BCUT2D eigenvalue weighted by atomic mass is 10.3. The van der Waals surface area contributed by atoms with E-state index in [2.05, 4.69) is 0 Å². The third-order valence-corrected chi connectivity index (χ3v) is 6.29. The number of thioether (sulfide) groups is 1. The first kappa shape index (κ1) is 15.7. The minimum Gasteiger partial charge on any atom is -0.369 e. The Morgan fingerprint density at radius 3 is 2.10 bits per heavy atom. The van der Waals surface area contributed by atoms with Crippen LogP contribution in [0.15, 0.2) is 28.0 Å². The highest BCUT2D eigenvalue weighted by molar-refractivity contribution is 7.99. The molecule has 1 heterocycles. The zero-order valence-corrected chi connectivity index (χ0v) is 13.8. The molecule has 0 radical (unpaired) electrons. The lowest BCUT2D eigenvalue weighted by Gasteiger charge is -2.30. The van der Waals surface area contributed by atoms with Gasteiger partial charge in [-0.05, 0) is 18.2 Å². The second-order valence-corrected chi connectivity index (χ2v) is 10.00. The third-order valence-electron chi connectivity index (χ3n) is 3.11. The topological polar surface area (TPSA) is 71.5 Å². The van der Waals surface area contributed by atoms with Gasteiger partial charge in [-0.1, -0.05) is 0 Å². The molecule has 1 aliphatic rings. The summed E-state index contributed by atoms with van der Waals surface area (Å²) in [6, 6.07) is 4.34. The maximum atomic E-state index is 11.9. The van der Waals surface area contributed by atoms with E-state index >= 15 is 0 Å². The highest BCUT2D eigenvalue weighted by Gasteiger charge is 2.22. The van der Waals surface area contributed by atoms with Gasteiger partial charge in [0.2, 0.25) is 0 Å². The smallest absolute Gasteiger partial charge is 0.177 e. The van der Waals surface area contributed by atoms with Crippen LogP contribution in [-0.4, -0.2) is 53.9 Å². The van der Waals surface area contributed by atoms with Crippen molar-refractivity contribution in [3.05, 3.63) is 18.2 Å². The van der Waals surface area contributed by atoms with Crippen molar-refractivity contribution in [1.82, 2.24) is 0 Å². The van der Waals surface area contributed by atoms with Crippen molar-refractivity contribution >= 4 is 37.1 Å². The summed E-state index contributed by atoms with van der Waals surface area (Å²) in [4.78, 5) is 2.12. The molecule has 1 aliphatic heterocycles. The molecule has 0 aromatic heterocycles. The van der Waals surface area contributed by atoms with Crippen molar-refractivity contribution < 1.29 is 16.8 Å². The van der Waals surface area contributed by atoms with E-state index < -0.39 is 19.7 Å². The molecule has 0 unspecified atom stereocenters. The molecule has 0 amide bonds. The summed E-state index contributed by atoms with van der Waals surface area (Å²) in [5, 5.41) is 0. The van der Waals surface area contributed by atoms with Gasteiger partial charge in [0.25, 0.3) is 0 Å². The monoisotopic (exact) mass is 335 g/mol. The van der Waals surface area contributed by atoms with Gasteiger partial charge in [-0.25, -0.2) is 16.8 Å². The molecule has 1 saturated heterocycles. The van der Waals surface area contributed by atoms with Crippen LogP contribution >= 0.6 is 11.8 Å². The summed E-state index contributed by atoms with van der Waals surface area (Å²) in [6.45, 7) is 1.54. The summed E-state index contributed by atoms with van der Waals surface area (Å²) in [5.41, 5.74) is 0.597. The van der Waals surface area contributed by atoms with Crippen LogP contribution in [0.25, 0.3) is 0 Å². The molecule has 5 nitrogen and oxygen atoms in total. The van der Waals surface area contributed by atoms with E-state index in [0.717, 1.165) is 37.1 Å². The van der Waals surface area contributed by atoms with Crippen molar-refractivity contribution in [3.8, 4) is 0 Å². The first-order valence-electron chi connectivity index (χ1n) is 6.06. The van der Waals surface area contributed by atoms with E-state index in [0.29, 0.717) is 5.69 Å². The summed E-state index contributed by atoms with van der Waals surface area (Å²) in [7, 11) is -6.90.